The zero-order valence-electron chi connectivity index (χ0n) is 34.8. The number of aliphatic carboxylic acids is 1. The Morgan fingerprint density at radius 3 is 1.90 bits per heavy atom. The molecule has 292 valence electrons. The Bertz CT molecular complexity index is 1200. The fourth-order valence-electron chi connectivity index (χ4n) is 8.38. The van der Waals surface area contributed by atoms with Gasteiger partial charge in [0.15, 0.2) is 0 Å². The first kappa shape index (κ1) is 44.9. The number of carbonyl (C=O) groups is 1. The maximum Gasteiger partial charge on any atom is 0.306 e. The van der Waals surface area contributed by atoms with Crippen LogP contribution in [0.3, 0.4) is 0 Å². The van der Waals surface area contributed by atoms with E-state index in [1.165, 1.54) is 64.2 Å². The Balaban J connectivity index is 1.99. The SMILES string of the molecule is CCCCC/C=C\C/C=C\CCCCCCC(C(=O)O)C1Cc2c(C)c(O)c(C)c(C)c2O[C@@]1(C)CCC[C@H](C)CCC[C@@H](C)CCCC(C)C. The molecule has 2 N–H and O–H groups in total. The molecule has 4 heteroatoms. The molecule has 1 aliphatic rings. The van der Waals surface area contributed by atoms with Crippen molar-refractivity contribution < 1.29 is 19.7 Å². The molecule has 1 aromatic rings. The van der Waals surface area contributed by atoms with Gasteiger partial charge in [-0.25, -0.2) is 0 Å². The Labute approximate surface area is 315 Å². The molecule has 0 amide bonds. The number of aromatic hydroxyl groups is 1. The minimum atomic E-state index is -0.703. The lowest BCUT2D eigenvalue weighted by Gasteiger charge is -2.46. The molecule has 5 atom stereocenters. The topological polar surface area (TPSA) is 66.8 Å². The first-order valence-corrected chi connectivity index (χ1v) is 21.4. The lowest BCUT2D eigenvalue weighted by Crippen LogP contribution is -2.50. The highest BCUT2D eigenvalue weighted by Crippen LogP contribution is 2.49. The number of unbranched alkanes of at least 4 members (excludes halogenated alkanes) is 7. The van der Waals surface area contributed by atoms with E-state index in [2.05, 4.69) is 65.8 Å². The minimum absolute atomic E-state index is 0.136. The van der Waals surface area contributed by atoms with Gasteiger partial charge in [-0.15, -0.1) is 0 Å². The zero-order chi connectivity index (χ0) is 37.8. The van der Waals surface area contributed by atoms with Gasteiger partial charge >= 0.3 is 5.97 Å². The van der Waals surface area contributed by atoms with Crippen molar-refractivity contribution in [2.24, 2.45) is 29.6 Å². The van der Waals surface area contributed by atoms with E-state index in [4.69, 9.17) is 4.74 Å². The van der Waals surface area contributed by atoms with Crippen LogP contribution in [0.4, 0.5) is 0 Å². The van der Waals surface area contributed by atoms with Crippen molar-refractivity contribution >= 4 is 5.97 Å². The first-order chi connectivity index (χ1) is 24.3. The lowest BCUT2D eigenvalue weighted by atomic mass is 9.69. The van der Waals surface area contributed by atoms with Gasteiger partial charge in [0.1, 0.15) is 17.1 Å². The molecule has 0 radical (unpaired) electrons. The van der Waals surface area contributed by atoms with Crippen LogP contribution in [0.5, 0.6) is 11.5 Å². The van der Waals surface area contributed by atoms with Crippen LogP contribution in [0.15, 0.2) is 24.3 Å². The van der Waals surface area contributed by atoms with Crippen molar-refractivity contribution in [3.63, 3.8) is 0 Å². The molecule has 0 spiro atoms. The molecular weight excluding hydrogens is 629 g/mol. The van der Waals surface area contributed by atoms with E-state index in [0.717, 1.165) is 97.6 Å². The number of carboxylic acid groups (broad SMARTS) is 1. The van der Waals surface area contributed by atoms with Crippen LogP contribution in [0.25, 0.3) is 0 Å². The molecule has 2 rings (SSSR count). The van der Waals surface area contributed by atoms with Crippen LogP contribution < -0.4 is 4.74 Å². The van der Waals surface area contributed by atoms with E-state index in [9.17, 15) is 15.0 Å². The third-order valence-electron chi connectivity index (χ3n) is 12.1. The molecule has 0 bridgehead atoms. The molecule has 1 aliphatic heterocycles. The van der Waals surface area contributed by atoms with Gasteiger partial charge in [0, 0.05) is 11.5 Å². The summed E-state index contributed by atoms with van der Waals surface area (Å²) in [5, 5.41) is 21.6. The molecule has 2 unspecified atom stereocenters. The summed E-state index contributed by atoms with van der Waals surface area (Å²) < 4.78 is 7.00. The summed E-state index contributed by atoms with van der Waals surface area (Å²) in [6.45, 7) is 19.8. The minimum Gasteiger partial charge on any atom is -0.507 e. The second-order valence-electron chi connectivity index (χ2n) is 17.2. The van der Waals surface area contributed by atoms with Gasteiger partial charge in [-0.2, -0.15) is 0 Å². The number of rotatable bonds is 27. The Hall–Kier alpha value is -2.23. The van der Waals surface area contributed by atoms with Crippen molar-refractivity contribution in [3.05, 3.63) is 46.6 Å². The highest BCUT2D eigenvalue weighted by Gasteiger charge is 2.48. The monoisotopic (exact) mass is 709 g/mol. The van der Waals surface area contributed by atoms with Gasteiger partial charge in [-0.05, 0) is 120 Å². The van der Waals surface area contributed by atoms with E-state index in [-0.39, 0.29) is 5.92 Å². The third-order valence-corrected chi connectivity index (χ3v) is 12.1. The molecule has 4 nitrogen and oxygen atoms in total. The standard InChI is InChI=1S/C47H80O4/c1-10-11-12-13-14-15-16-17-18-19-20-21-22-23-32-41(46(49)50)43-34-42-40(8)44(48)38(6)39(7)45(42)51-47(43,9)33-26-31-37(5)30-25-29-36(4)28-24-27-35(2)3/h14-15,17-18,35-37,41,43,48H,10-13,16,19-34H2,1-9H3,(H,49,50)/b15-14-,18-17-/t36-,37+,41?,43?,47-/m0/s1. The van der Waals surface area contributed by atoms with Crippen LogP contribution in [0.2, 0.25) is 0 Å². The summed E-state index contributed by atoms with van der Waals surface area (Å²) in [6, 6.07) is 0. The number of carboxylic acids is 1. The quantitative estimate of drug-likeness (QED) is 0.0705. The number of allylic oxidation sites excluding steroid dienone is 4. The fraction of sp³-hybridized carbons (Fsp3) is 0.766. The Morgan fingerprint density at radius 2 is 1.31 bits per heavy atom. The molecular formula is C47H80O4. The Kier molecular flexibility index (Phi) is 21.3. The van der Waals surface area contributed by atoms with E-state index in [1.54, 1.807) is 0 Å². The molecule has 0 saturated carbocycles. The van der Waals surface area contributed by atoms with Crippen molar-refractivity contribution in [3.8, 4) is 11.5 Å². The Morgan fingerprint density at radius 1 is 0.745 bits per heavy atom. The van der Waals surface area contributed by atoms with Gasteiger partial charge < -0.3 is 14.9 Å². The van der Waals surface area contributed by atoms with Crippen LogP contribution in [0, 0.1) is 50.4 Å². The van der Waals surface area contributed by atoms with Crippen LogP contribution >= 0.6 is 0 Å². The van der Waals surface area contributed by atoms with E-state index >= 15 is 0 Å². The summed E-state index contributed by atoms with van der Waals surface area (Å²) in [5.74, 6) is 2.16. The highest BCUT2D eigenvalue weighted by molar-refractivity contribution is 5.71. The predicted octanol–water partition coefficient (Wildman–Crippen LogP) is 14.2. The van der Waals surface area contributed by atoms with E-state index < -0.39 is 17.5 Å². The molecule has 0 fully saturated rings. The van der Waals surface area contributed by atoms with Gasteiger partial charge in [0.2, 0.25) is 0 Å². The number of phenolic OH excluding ortho intramolecular Hbond substituents is 1. The maximum absolute atomic E-state index is 13.0. The largest absolute Gasteiger partial charge is 0.507 e. The van der Waals surface area contributed by atoms with Crippen LogP contribution in [-0.2, 0) is 11.2 Å². The molecule has 0 aliphatic carbocycles. The van der Waals surface area contributed by atoms with Crippen LogP contribution in [-0.4, -0.2) is 21.8 Å². The molecule has 1 aromatic carbocycles. The molecule has 0 saturated heterocycles. The first-order valence-electron chi connectivity index (χ1n) is 21.4. The highest BCUT2D eigenvalue weighted by atomic mass is 16.5. The van der Waals surface area contributed by atoms with E-state index in [0.29, 0.717) is 24.5 Å². The summed E-state index contributed by atoms with van der Waals surface area (Å²) in [6.07, 6.45) is 32.9. The number of hydrogen-bond acceptors (Lipinski definition) is 3. The summed E-state index contributed by atoms with van der Waals surface area (Å²) in [4.78, 5) is 13.0. The fourth-order valence-corrected chi connectivity index (χ4v) is 8.38. The normalized spacial score (nSPS) is 19.5. The summed E-state index contributed by atoms with van der Waals surface area (Å²) in [7, 11) is 0. The van der Waals surface area contributed by atoms with Crippen LogP contribution in [0.1, 0.15) is 192 Å². The van der Waals surface area contributed by atoms with Crippen molar-refractivity contribution in [2.75, 3.05) is 0 Å². The van der Waals surface area contributed by atoms with Gasteiger partial charge in [0.05, 0.1) is 5.92 Å². The molecule has 1 heterocycles. The number of benzene rings is 1. The number of hydrogen-bond donors (Lipinski definition) is 2. The second kappa shape index (κ2) is 24.2. The van der Waals surface area contributed by atoms with Gasteiger partial charge in [0.25, 0.3) is 0 Å². The smallest absolute Gasteiger partial charge is 0.306 e. The summed E-state index contributed by atoms with van der Waals surface area (Å²) in [5.41, 5.74) is 3.13. The maximum atomic E-state index is 13.0. The average molecular weight is 709 g/mol. The second-order valence-corrected chi connectivity index (χ2v) is 17.2. The number of ether oxygens (including phenoxy) is 1. The zero-order valence-corrected chi connectivity index (χ0v) is 34.8. The third kappa shape index (κ3) is 15.7. The average Bonchev–Trinajstić information content (AvgIpc) is 3.08. The molecule has 0 aromatic heterocycles. The summed E-state index contributed by atoms with van der Waals surface area (Å²) >= 11 is 0. The number of fused-ring (bicyclic) bond motifs is 1. The van der Waals surface area contributed by atoms with Gasteiger partial charge in [-0.1, -0.05) is 136 Å². The molecule has 51 heavy (non-hydrogen) atoms. The predicted molar refractivity (Wildman–Crippen MR) is 219 cm³/mol. The van der Waals surface area contributed by atoms with Crippen molar-refractivity contribution in [1.82, 2.24) is 0 Å². The van der Waals surface area contributed by atoms with Crippen molar-refractivity contribution in [1.29, 1.82) is 0 Å². The van der Waals surface area contributed by atoms with Crippen molar-refractivity contribution in [2.45, 2.75) is 203 Å². The van der Waals surface area contributed by atoms with E-state index in [1.807, 2.05) is 20.8 Å². The number of phenols is 1. The lowest BCUT2D eigenvalue weighted by molar-refractivity contribution is -0.149. The van der Waals surface area contributed by atoms with Gasteiger partial charge in [-0.3, -0.25) is 4.79 Å².